The van der Waals surface area contributed by atoms with Crippen molar-refractivity contribution in [3.63, 3.8) is 0 Å². The van der Waals surface area contributed by atoms with Crippen LogP contribution in [0.1, 0.15) is 5.56 Å². The van der Waals surface area contributed by atoms with Crippen LogP contribution in [-0.4, -0.2) is 9.97 Å². The van der Waals surface area contributed by atoms with Gasteiger partial charge in [-0.15, -0.1) is 0 Å². The number of nitrogens with two attached hydrogens (primary N) is 1. The van der Waals surface area contributed by atoms with E-state index in [4.69, 9.17) is 5.73 Å². The number of aromatic nitrogens is 2. The number of benzene rings is 2. The zero-order chi connectivity index (χ0) is 20.5. The minimum Gasteiger partial charge on any atom is -0.398 e. The number of nitrogen functional groups attached to an aromatic ring is 1. The van der Waals surface area contributed by atoms with Crippen LogP contribution < -0.4 is 11.1 Å². The summed E-state index contributed by atoms with van der Waals surface area (Å²) in [5.74, 6) is -0.264. The predicted octanol–water partition coefficient (Wildman–Crippen LogP) is 5.63. The van der Waals surface area contributed by atoms with Crippen molar-refractivity contribution in [1.29, 1.82) is 0 Å². The van der Waals surface area contributed by atoms with Gasteiger partial charge in [-0.25, -0.2) is 4.39 Å². The first-order chi connectivity index (χ1) is 14.7. The first-order valence-electron chi connectivity index (χ1n) is 9.63. The normalized spacial score (nSPS) is 13.2. The topological polar surface area (TPSA) is 66.7 Å². The minimum absolute atomic E-state index is 0.264. The third-order valence-electron chi connectivity index (χ3n) is 5.20. The second-order valence-electron chi connectivity index (χ2n) is 7.04. The molecule has 0 amide bonds. The zero-order valence-electron chi connectivity index (χ0n) is 16.1. The van der Waals surface area contributed by atoms with Gasteiger partial charge in [0, 0.05) is 52.1 Å². The number of nitrogens with zero attached hydrogens (tertiary/aromatic N) is 1. The Morgan fingerprint density at radius 3 is 2.40 bits per heavy atom. The van der Waals surface area contributed by atoms with Gasteiger partial charge in [0.15, 0.2) is 0 Å². The molecule has 146 valence electrons. The fraction of sp³-hybridized carbons (Fsp3) is 0. The van der Waals surface area contributed by atoms with E-state index in [1.54, 1.807) is 24.5 Å². The van der Waals surface area contributed by atoms with Crippen molar-refractivity contribution < 1.29 is 4.39 Å². The van der Waals surface area contributed by atoms with Crippen molar-refractivity contribution >= 4 is 22.3 Å². The summed E-state index contributed by atoms with van der Waals surface area (Å²) < 4.78 is 13.6. The molecule has 0 aliphatic carbocycles. The molecule has 5 rings (SSSR count). The second-order valence-corrected chi connectivity index (χ2v) is 7.04. The molecule has 4 aromatic rings. The first kappa shape index (κ1) is 17.9. The Balaban J connectivity index is 1.84. The molecule has 0 bridgehead atoms. The van der Waals surface area contributed by atoms with Gasteiger partial charge in [-0.1, -0.05) is 30.4 Å². The Labute approximate surface area is 173 Å². The number of nitrogens with one attached hydrogen (secondary N) is 2. The van der Waals surface area contributed by atoms with Gasteiger partial charge >= 0.3 is 0 Å². The number of hydrogen-bond acceptors (Lipinski definition) is 3. The highest BCUT2D eigenvalue weighted by molar-refractivity contribution is 6.09. The number of anilines is 1. The number of hydrogen-bond donors (Lipinski definition) is 3. The summed E-state index contributed by atoms with van der Waals surface area (Å²) in [6.45, 7) is 0. The van der Waals surface area contributed by atoms with Crippen LogP contribution in [0.4, 0.5) is 10.1 Å². The number of H-pyrrole nitrogens is 1. The van der Waals surface area contributed by atoms with Crippen LogP contribution in [0.3, 0.4) is 0 Å². The Bertz CT molecular complexity index is 1310. The molecule has 3 heterocycles. The lowest BCUT2D eigenvalue weighted by molar-refractivity contribution is 0.628. The molecule has 0 fully saturated rings. The van der Waals surface area contributed by atoms with Crippen LogP contribution in [-0.2, 0) is 0 Å². The van der Waals surface area contributed by atoms with Gasteiger partial charge in [0.05, 0.1) is 11.2 Å². The summed E-state index contributed by atoms with van der Waals surface area (Å²) in [6.07, 6.45) is 13.2. The lowest BCUT2D eigenvalue weighted by Gasteiger charge is -2.11. The van der Waals surface area contributed by atoms with Crippen molar-refractivity contribution in [3.8, 4) is 22.4 Å². The average Bonchev–Trinajstić information content (AvgIpc) is 2.95. The third-order valence-corrected chi connectivity index (χ3v) is 5.20. The zero-order valence-corrected chi connectivity index (χ0v) is 16.1. The minimum atomic E-state index is -0.264. The van der Waals surface area contributed by atoms with Crippen LogP contribution in [0.2, 0.25) is 0 Å². The highest BCUT2D eigenvalue weighted by atomic mass is 19.1. The fourth-order valence-corrected chi connectivity index (χ4v) is 3.83. The first-order valence-corrected chi connectivity index (χ1v) is 9.63. The van der Waals surface area contributed by atoms with E-state index in [1.165, 1.54) is 12.1 Å². The average molecular weight is 394 g/mol. The molecule has 5 heteroatoms. The Kier molecular flexibility index (Phi) is 4.41. The predicted molar refractivity (Wildman–Crippen MR) is 121 cm³/mol. The van der Waals surface area contributed by atoms with E-state index in [0.717, 1.165) is 44.5 Å². The molecule has 1 aliphatic rings. The fourth-order valence-electron chi connectivity index (χ4n) is 3.83. The van der Waals surface area contributed by atoms with E-state index in [2.05, 4.69) is 15.3 Å². The summed E-state index contributed by atoms with van der Waals surface area (Å²) in [7, 11) is 0. The summed E-state index contributed by atoms with van der Waals surface area (Å²) in [4.78, 5) is 7.73. The maximum Gasteiger partial charge on any atom is 0.123 e. The number of rotatable bonds is 3. The molecule has 0 atom stereocenters. The lowest BCUT2D eigenvalue weighted by atomic mass is 9.97. The van der Waals surface area contributed by atoms with Gasteiger partial charge < -0.3 is 16.0 Å². The molecule has 0 radical (unpaired) electrons. The Hall–Kier alpha value is -4.12. The largest absolute Gasteiger partial charge is 0.398 e. The molecular weight excluding hydrogens is 375 g/mol. The number of pyridine rings is 1. The van der Waals surface area contributed by atoms with E-state index in [0.29, 0.717) is 5.69 Å². The highest BCUT2D eigenvalue weighted by Crippen LogP contribution is 2.41. The molecular formula is C25H19FN4. The second kappa shape index (κ2) is 7.37. The monoisotopic (exact) mass is 394 g/mol. The maximum absolute atomic E-state index is 13.6. The van der Waals surface area contributed by atoms with Crippen molar-refractivity contribution in [2.45, 2.75) is 0 Å². The molecule has 0 unspecified atom stereocenters. The van der Waals surface area contributed by atoms with Gasteiger partial charge in [0.1, 0.15) is 5.82 Å². The van der Waals surface area contributed by atoms with Crippen LogP contribution in [0, 0.1) is 5.82 Å². The number of aromatic amines is 1. The quantitative estimate of drug-likeness (QED) is 0.394. The molecule has 0 saturated carbocycles. The van der Waals surface area contributed by atoms with E-state index in [-0.39, 0.29) is 5.82 Å². The van der Waals surface area contributed by atoms with E-state index < -0.39 is 0 Å². The molecule has 30 heavy (non-hydrogen) atoms. The smallest absolute Gasteiger partial charge is 0.123 e. The molecule has 1 aliphatic heterocycles. The van der Waals surface area contributed by atoms with E-state index in [9.17, 15) is 4.39 Å². The third kappa shape index (κ3) is 3.06. The van der Waals surface area contributed by atoms with Gasteiger partial charge in [-0.2, -0.15) is 0 Å². The standard InChI is InChI=1S/C25H19FN4/c26-18-7-5-16(6-8-18)22-19-9-10-20(27)23(21-4-2-1-3-13-29-21)25(19)30-24(22)17-11-14-28-15-12-17/h1-15,29-30H,27H2. The van der Waals surface area contributed by atoms with Crippen molar-refractivity contribution in [3.05, 3.63) is 103 Å². The molecule has 0 saturated heterocycles. The Morgan fingerprint density at radius 1 is 0.800 bits per heavy atom. The molecule has 2 aromatic heterocycles. The molecule has 2 aromatic carbocycles. The van der Waals surface area contributed by atoms with Crippen LogP contribution in [0.25, 0.3) is 39.0 Å². The number of fused-ring (bicyclic) bond motifs is 1. The summed E-state index contributed by atoms with van der Waals surface area (Å²) in [5, 5.41) is 4.32. The SMILES string of the molecule is Nc1ccc2c(-c3ccc(F)cc3)c(-c3ccncc3)[nH]c2c1C1=CC=CC=CN1. The molecule has 0 spiro atoms. The van der Waals surface area contributed by atoms with Crippen molar-refractivity contribution in [2.24, 2.45) is 0 Å². The van der Waals surface area contributed by atoms with Gasteiger partial charge in [0.2, 0.25) is 0 Å². The van der Waals surface area contributed by atoms with E-state index >= 15 is 0 Å². The Morgan fingerprint density at radius 2 is 1.60 bits per heavy atom. The van der Waals surface area contributed by atoms with Crippen LogP contribution >= 0.6 is 0 Å². The van der Waals surface area contributed by atoms with Crippen LogP contribution in [0.15, 0.2) is 91.4 Å². The van der Waals surface area contributed by atoms with Crippen molar-refractivity contribution in [1.82, 2.24) is 15.3 Å². The van der Waals surface area contributed by atoms with Crippen molar-refractivity contribution in [2.75, 3.05) is 5.73 Å². The number of allylic oxidation sites excluding steroid dienone is 4. The van der Waals surface area contributed by atoms with E-state index in [1.807, 2.05) is 54.8 Å². The lowest BCUT2D eigenvalue weighted by Crippen LogP contribution is -2.06. The van der Waals surface area contributed by atoms with Gasteiger partial charge in [-0.3, -0.25) is 4.98 Å². The van der Waals surface area contributed by atoms with Gasteiger partial charge in [-0.05, 0) is 48.0 Å². The van der Waals surface area contributed by atoms with Gasteiger partial charge in [0.25, 0.3) is 0 Å². The highest BCUT2D eigenvalue weighted by Gasteiger charge is 2.20. The van der Waals surface area contributed by atoms with Crippen LogP contribution in [0.5, 0.6) is 0 Å². The summed E-state index contributed by atoms with van der Waals surface area (Å²) in [6, 6.07) is 14.4. The summed E-state index contributed by atoms with van der Waals surface area (Å²) in [5.41, 5.74) is 13.6. The molecule has 4 nitrogen and oxygen atoms in total. The molecule has 4 N–H and O–H groups in total. The summed E-state index contributed by atoms with van der Waals surface area (Å²) >= 11 is 0. The maximum atomic E-state index is 13.6. The number of halogens is 1.